The first-order valence-corrected chi connectivity index (χ1v) is 8.87. The summed E-state index contributed by atoms with van der Waals surface area (Å²) < 4.78 is 41.3. The molecule has 0 aliphatic carbocycles. The van der Waals surface area contributed by atoms with E-state index in [1.54, 1.807) is 12.1 Å². The van der Waals surface area contributed by atoms with Crippen molar-refractivity contribution < 1.29 is 17.9 Å². The number of fused-ring (bicyclic) bond motifs is 1. The zero-order chi connectivity index (χ0) is 18.9. The molecule has 1 aliphatic rings. The van der Waals surface area contributed by atoms with Crippen molar-refractivity contribution in [2.75, 3.05) is 26.2 Å². The lowest BCUT2D eigenvalue weighted by Gasteiger charge is -2.35. The molecule has 7 heteroatoms. The van der Waals surface area contributed by atoms with E-state index in [1.165, 1.54) is 12.1 Å². The fourth-order valence-corrected chi connectivity index (χ4v) is 3.64. The highest BCUT2D eigenvalue weighted by Crippen LogP contribution is 2.32. The molecule has 4 rings (SSSR count). The molecule has 2 N–H and O–H groups in total. The van der Waals surface area contributed by atoms with E-state index in [0.717, 1.165) is 48.2 Å². The number of alkyl halides is 3. The van der Waals surface area contributed by atoms with Crippen LogP contribution in [0.4, 0.5) is 13.2 Å². The molecular weight excluding hydrogens is 355 g/mol. The first kappa shape index (κ1) is 17.9. The van der Waals surface area contributed by atoms with Crippen molar-refractivity contribution in [1.29, 1.82) is 0 Å². The van der Waals surface area contributed by atoms with Crippen LogP contribution >= 0.6 is 0 Å². The van der Waals surface area contributed by atoms with Crippen LogP contribution in [0, 0.1) is 0 Å². The van der Waals surface area contributed by atoms with Crippen molar-refractivity contribution in [3.63, 3.8) is 0 Å². The highest BCUT2D eigenvalue weighted by atomic mass is 19.4. The molecule has 0 radical (unpaired) electrons. The van der Waals surface area contributed by atoms with E-state index in [9.17, 15) is 13.2 Å². The third-order valence-corrected chi connectivity index (χ3v) is 4.84. The Morgan fingerprint density at radius 2 is 1.63 bits per heavy atom. The van der Waals surface area contributed by atoms with E-state index >= 15 is 0 Å². The van der Waals surface area contributed by atoms with Crippen LogP contribution in [0.25, 0.3) is 10.9 Å². The number of halogens is 3. The zero-order valence-electron chi connectivity index (χ0n) is 14.6. The van der Waals surface area contributed by atoms with Crippen molar-refractivity contribution in [3.8, 4) is 5.75 Å². The highest BCUT2D eigenvalue weighted by molar-refractivity contribution is 5.80. The number of piperazine rings is 1. The quantitative estimate of drug-likeness (QED) is 0.723. The maximum Gasteiger partial charge on any atom is 0.573 e. The molecule has 1 fully saturated rings. The van der Waals surface area contributed by atoms with E-state index in [-0.39, 0.29) is 11.8 Å². The lowest BCUT2D eigenvalue weighted by atomic mass is 9.95. The summed E-state index contributed by atoms with van der Waals surface area (Å²) >= 11 is 0. The first-order valence-electron chi connectivity index (χ1n) is 8.87. The number of rotatable bonds is 4. The molecule has 0 spiro atoms. The van der Waals surface area contributed by atoms with Crippen molar-refractivity contribution in [2.24, 2.45) is 0 Å². The van der Waals surface area contributed by atoms with Gasteiger partial charge in [-0.1, -0.05) is 24.3 Å². The van der Waals surface area contributed by atoms with Gasteiger partial charge in [0.05, 0.1) is 6.04 Å². The summed E-state index contributed by atoms with van der Waals surface area (Å²) in [7, 11) is 0. The van der Waals surface area contributed by atoms with E-state index in [2.05, 4.69) is 38.1 Å². The standard InChI is InChI=1S/C20H20F3N3O/c21-20(22,23)27-17-5-3-15(4-6-17)19(26-11-9-24-10-12-26)16-2-1-14-7-8-25-18(14)13-16/h1-8,13,19,24-25H,9-12H2/t19-/m1/s1. The Balaban J connectivity index is 1.69. The Morgan fingerprint density at radius 3 is 2.33 bits per heavy atom. The molecule has 2 aromatic carbocycles. The van der Waals surface area contributed by atoms with E-state index in [4.69, 9.17) is 0 Å². The normalized spacial score (nSPS) is 17.1. The summed E-state index contributed by atoms with van der Waals surface area (Å²) in [5.74, 6) is -0.204. The van der Waals surface area contributed by atoms with Gasteiger partial charge in [-0.05, 0) is 40.8 Å². The summed E-state index contributed by atoms with van der Waals surface area (Å²) in [6.45, 7) is 3.51. The lowest BCUT2D eigenvalue weighted by Crippen LogP contribution is -2.45. The fraction of sp³-hybridized carbons (Fsp3) is 0.300. The number of ether oxygens (including phenoxy) is 1. The molecule has 2 heterocycles. The second kappa shape index (κ2) is 7.25. The SMILES string of the molecule is FC(F)(F)Oc1ccc([C@H](c2ccc3cc[nH]c3c2)N2CCNCC2)cc1. The van der Waals surface area contributed by atoms with Gasteiger partial charge in [0.1, 0.15) is 5.75 Å². The van der Waals surface area contributed by atoms with Gasteiger partial charge in [0, 0.05) is 37.9 Å². The third-order valence-electron chi connectivity index (χ3n) is 4.84. The van der Waals surface area contributed by atoms with Gasteiger partial charge in [0.25, 0.3) is 0 Å². The Hall–Kier alpha value is -2.51. The molecular formula is C20H20F3N3O. The molecule has 0 saturated carbocycles. The largest absolute Gasteiger partial charge is 0.573 e. The molecule has 3 aromatic rings. The number of nitrogens with one attached hydrogen (secondary N) is 2. The minimum Gasteiger partial charge on any atom is -0.406 e. The van der Waals surface area contributed by atoms with Gasteiger partial charge in [-0.15, -0.1) is 13.2 Å². The highest BCUT2D eigenvalue weighted by Gasteiger charge is 2.31. The number of hydrogen-bond acceptors (Lipinski definition) is 3. The Morgan fingerprint density at radius 1 is 0.926 bits per heavy atom. The summed E-state index contributed by atoms with van der Waals surface area (Å²) in [6.07, 6.45) is -2.78. The summed E-state index contributed by atoms with van der Waals surface area (Å²) in [6, 6.07) is 14.4. The van der Waals surface area contributed by atoms with Gasteiger partial charge in [0.15, 0.2) is 0 Å². The van der Waals surface area contributed by atoms with Crippen LogP contribution in [0.3, 0.4) is 0 Å². The second-order valence-corrected chi connectivity index (χ2v) is 6.63. The molecule has 27 heavy (non-hydrogen) atoms. The van der Waals surface area contributed by atoms with Gasteiger partial charge < -0.3 is 15.0 Å². The van der Waals surface area contributed by atoms with Crippen LogP contribution in [0.2, 0.25) is 0 Å². The number of aromatic amines is 1. The maximum atomic E-state index is 12.4. The van der Waals surface area contributed by atoms with Gasteiger partial charge in [-0.25, -0.2) is 0 Å². The number of aromatic nitrogens is 1. The number of nitrogens with zero attached hydrogens (tertiary/aromatic N) is 1. The summed E-state index contributed by atoms with van der Waals surface area (Å²) in [5, 5.41) is 4.47. The van der Waals surface area contributed by atoms with Crippen LogP contribution < -0.4 is 10.1 Å². The van der Waals surface area contributed by atoms with Crippen LogP contribution in [0.5, 0.6) is 5.75 Å². The van der Waals surface area contributed by atoms with Gasteiger partial charge in [-0.3, -0.25) is 4.90 Å². The zero-order valence-corrected chi connectivity index (χ0v) is 14.6. The average Bonchev–Trinajstić information content (AvgIpc) is 3.11. The predicted molar refractivity (Wildman–Crippen MR) is 97.7 cm³/mol. The molecule has 1 aliphatic heterocycles. The van der Waals surface area contributed by atoms with Crippen LogP contribution in [-0.4, -0.2) is 42.4 Å². The van der Waals surface area contributed by atoms with Gasteiger partial charge in [-0.2, -0.15) is 0 Å². The third kappa shape index (κ3) is 4.09. The molecule has 1 saturated heterocycles. The topological polar surface area (TPSA) is 40.3 Å². The average molecular weight is 375 g/mol. The van der Waals surface area contributed by atoms with E-state index in [0.29, 0.717) is 0 Å². The van der Waals surface area contributed by atoms with Crippen molar-refractivity contribution in [2.45, 2.75) is 12.4 Å². The smallest absolute Gasteiger partial charge is 0.406 e. The molecule has 0 amide bonds. The molecule has 0 bridgehead atoms. The van der Waals surface area contributed by atoms with Crippen LogP contribution in [-0.2, 0) is 0 Å². The van der Waals surface area contributed by atoms with E-state index < -0.39 is 6.36 Å². The Bertz CT molecular complexity index is 899. The molecule has 4 nitrogen and oxygen atoms in total. The molecule has 142 valence electrons. The Kier molecular flexibility index (Phi) is 4.80. The van der Waals surface area contributed by atoms with Gasteiger partial charge in [0.2, 0.25) is 0 Å². The Labute approximate surface area is 154 Å². The number of benzene rings is 2. The van der Waals surface area contributed by atoms with Gasteiger partial charge >= 0.3 is 6.36 Å². The molecule has 0 unspecified atom stereocenters. The summed E-state index contributed by atoms with van der Waals surface area (Å²) in [5.41, 5.74) is 3.10. The van der Waals surface area contributed by atoms with Crippen molar-refractivity contribution in [3.05, 3.63) is 65.9 Å². The predicted octanol–water partition coefficient (Wildman–Crippen LogP) is 4.06. The second-order valence-electron chi connectivity index (χ2n) is 6.63. The first-order chi connectivity index (χ1) is 13.0. The molecule has 1 aromatic heterocycles. The number of hydrogen-bond donors (Lipinski definition) is 2. The minimum atomic E-state index is -4.68. The number of H-pyrrole nitrogens is 1. The van der Waals surface area contributed by atoms with Crippen LogP contribution in [0.1, 0.15) is 17.2 Å². The lowest BCUT2D eigenvalue weighted by molar-refractivity contribution is -0.274. The monoisotopic (exact) mass is 375 g/mol. The maximum absolute atomic E-state index is 12.4. The van der Waals surface area contributed by atoms with E-state index in [1.807, 2.05) is 12.3 Å². The molecule has 1 atom stereocenters. The fourth-order valence-electron chi connectivity index (χ4n) is 3.64. The minimum absolute atomic E-state index is 0.0280. The summed E-state index contributed by atoms with van der Waals surface area (Å²) in [4.78, 5) is 5.58. The van der Waals surface area contributed by atoms with Crippen LogP contribution in [0.15, 0.2) is 54.7 Å². The van der Waals surface area contributed by atoms with Crippen molar-refractivity contribution >= 4 is 10.9 Å². The van der Waals surface area contributed by atoms with Crippen molar-refractivity contribution in [1.82, 2.24) is 15.2 Å².